The second-order valence-corrected chi connectivity index (χ2v) is 4.64. The van der Waals surface area contributed by atoms with Gasteiger partial charge in [0.15, 0.2) is 0 Å². The van der Waals surface area contributed by atoms with Gasteiger partial charge >= 0.3 is 18.0 Å². The molecule has 8 heteroatoms. The van der Waals surface area contributed by atoms with Gasteiger partial charge in [0.2, 0.25) is 0 Å². The Hall–Kier alpha value is -1.99. The van der Waals surface area contributed by atoms with Crippen LogP contribution in [0.25, 0.3) is 0 Å². The number of urea groups is 2. The lowest BCUT2D eigenvalue weighted by atomic mass is 10.2. The Labute approximate surface area is 119 Å². The van der Waals surface area contributed by atoms with Crippen LogP contribution in [-0.2, 0) is 4.79 Å². The molecule has 0 heterocycles. The zero-order valence-corrected chi connectivity index (χ0v) is 12.5. The Bertz CT molecular complexity index is 346. The number of carbonyl (C=O) groups excluding carboxylic acids is 2. The van der Waals surface area contributed by atoms with Gasteiger partial charge in [-0.2, -0.15) is 0 Å². The first kappa shape index (κ1) is 18.0. The fourth-order valence-electron chi connectivity index (χ4n) is 1.39. The van der Waals surface area contributed by atoms with Crippen LogP contribution in [0.5, 0.6) is 0 Å². The number of carboxylic acid groups (broad SMARTS) is 1. The summed E-state index contributed by atoms with van der Waals surface area (Å²) in [4.78, 5) is 36.5. The van der Waals surface area contributed by atoms with Crippen LogP contribution in [0, 0.1) is 0 Å². The molecule has 3 N–H and O–H groups in total. The molecule has 4 amide bonds. The van der Waals surface area contributed by atoms with Crippen LogP contribution < -0.4 is 10.6 Å². The van der Waals surface area contributed by atoms with Crippen LogP contribution in [0.1, 0.15) is 20.3 Å². The van der Waals surface area contributed by atoms with Gasteiger partial charge in [0.1, 0.15) is 6.54 Å². The molecule has 0 aromatic heterocycles. The number of carboxylic acids is 1. The van der Waals surface area contributed by atoms with E-state index in [9.17, 15) is 14.4 Å². The largest absolute Gasteiger partial charge is 0.480 e. The monoisotopic (exact) mass is 288 g/mol. The molecule has 0 aromatic rings. The lowest BCUT2D eigenvalue weighted by Crippen LogP contribution is -2.49. The van der Waals surface area contributed by atoms with E-state index in [0.29, 0.717) is 6.42 Å². The zero-order valence-electron chi connectivity index (χ0n) is 12.5. The van der Waals surface area contributed by atoms with E-state index in [2.05, 4.69) is 10.6 Å². The number of nitrogens with one attached hydrogen (secondary N) is 2. The van der Waals surface area contributed by atoms with Crippen molar-refractivity contribution in [1.29, 1.82) is 0 Å². The summed E-state index contributed by atoms with van der Waals surface area (Å²) >= 11 is 0. The fraction of sp³-hybridized carbons (Fsp3) is 0.750. The summed E-state index contributed by atoms with van der Waals surface area (Å²) in [5.41, 5.74) is 0. The van der Waals surface area contributed by atoms with Gasteiger partial charge in [0, 0.05) is 33.2 Å². The summed E-state index contributed by atoms with van der Waals surface area (Å²) in [5, 5.41) is 14.0. The van der Waals surface area contributed by atoms with Crippen LogP contribution in [0.15, 0.2) is 0 Å². The van der Waals surface area contributed by atoms with Gasteiger partial charge in [0.05, 0.1) is 0 Å². The van der Waals surface area contributed by atoms with Crippen molar-refractivity contribution in [2.45, 2.75) is 26.3 Å². The van der Waals surface area contributed by atoms with E-state index in [1.165, 1.54) is 9.80 Å². The summed E-state index contributed by atoms with van der Waals surface area (Å²) in [6.07, 6.45) is 0.665. The first-order chi connectivity index (χ1) is 9.29. The number of rotatable bonds is 7. The summed E-state index contributed by atoms with van der Waals surface area (Å²) in [6.45, 7) is 3.85. The smallest absolute Gasteiger partial charge is 0.323 e. The van der Waals surface area contributed by atoms with Crippen LogP contribution in [0.3, 0.4) is 0 Å². The van der Waals surface area contributed by atoms with Crippen LogP contribution in [-0.4, -0.2) is 72.7 Å². The average molecular weight is 288 g/mol. The highest BCUT2D eigenvalue weighted by molar-refractivity contribution is 5.80. The number of hydrogen-bond donors (Lipinski definition) is 3. The van der Waals surface area contributed by atoms with Crippen LogP contribution in [0.2, 0.25) is 0 Å². The second kappa shape index (κ2) is 9.00. The molecule has 0 saturated carbocycles. The molecule has 0 spiro atoms. The number of aliphatic carboxylic acids is 1. The predicted molar refractivity (Wildman–Crippen MR) is 74.6 cm³/mol. The highest BCUT2D eigenvalue weighted by Gasteiger charge is 2.21. The standard InChI is InChI=1S/C12H24N4O4/c1-5-9(2)16(8-10(17)18)12(20)14-7-6-13-11(19)15(3)4/h9H,5-8H2,1-4H3,(H,13,19)(H,14,20)(H,17,18). The molecule has 20 heavy (non-hydrogen) atoms. The molecule has 0 radical (unpaired) electrons. The van der Waals surface area contributed by atoms with Crippen molar-refractivity contribution in [2.75, 3.05) is 33.7 Å². The van der Waals surface area contributed by atoms with Gasteiger partial charge in [-0.1, -0.05) is 6.92 Å². The highest BCUT2D eigenvalue weighted by Crippen LogP contribution is 2.03. The molecule has 0 aliphatic carbocycles. The molecule has 1 atom stereocenters. The van der Waals surface area contributed by atoms with Crippen molar-refractivity contribution < 1.29 is 19.5 Å². The third kappa shape index (κ3) is 6.81. The number of carbonyl (C=O) groups is 3. The van der Waals surface area contributed by atoms with Gasteiger partial charge in [-0.15, -0.1) is 0 Å². The normalized spacial score (nSPS) is 11.4. The Morgan fingerprint density at radius 2 is 1.60 bits per heavy atom. The maximum absolute atomic E-state index is 11.9. The lowest BCUT2D eigenvalue weighted by Gasteiger charge is -2.27. The predicted octanol–water partition coefficient (Wildman–Crippen LogP) is 0.152. The number of amides is 4. The number of hydrogen-bond acceptors (Lipinski definition) is 3. The minimum absolute atomic E-state index is 0.164. The van der Waals surface area contributed by atoms with E-state index in [1.807, 2.05) is 6.92 Å². The Kier molecular flexibility index (Phi) is 8.10. The summed E-state index contributed by atoms with van der Waals surface area (Å²) in [6, 6.07) is -0.855. The van der Waals surface area contributed by atoms with E-state index in [1.54, 1.807) is 21.0 Å². The molecule has 0 bridgehead atoms. The van der Waals surface area contributed by atoms with Gasteiger partial charge < -0.3 is 25.5 Å². The molecule has 116 valence electrons. The van der Waals surface area contributed by atoms with Crippen LogP contribution in [0.4, 0.5) is 9.59 Å². The molecule has 0 rings (SSSR count). The SMILES string of the molecule is CCC(C)N(CC(=O)O)C(=O)NCCNC(=O)N(C)C. The first-order valence-electron chi connectivity index (χ1n) is 6.51. The maximum Gasteiger partial charge on any atom is 0.323 e. The maximum atomic E-state index is 11.9. The van der Waals surface area contributed by atoms with Crippen molar-refractivity contribution in [2.24, 2.45) is 0 Å². The minimum atomic E-state index is -1.05. The third-order valence-corrected chi connectivity index (χ3v) is 2.77. The molecular formula is C12H24N4O4. The topological polar surface area (TPSA) is 102 Å². The van der Waals surface area contributed by atoms with Crippen molar-refractivity contribution in [3.8, 4) is 0 Å². The second-order valence-electron chi connectivity index (χ2n) is 4.64. The lowest BCUT2D eigenvalue weighted by molar-refractivity contribution is -0.138. The van der Waals surface area contributed by atoms with E-state index in [4.69, 9.17) is 5.11 Å². The summed E-state index contributed by atoms with van der Waals surface area (Å²) in [5.74, 6) is -1.05. The van der Waals surface area contributed by atoms with E-state index in [0.717, 1.165) is 0 Å². The van der Waals surface area contributed by atoms with Crippen molar-refractivity contribution in [3.63, 3.8) is 0 Å². The van der Waals surface area contributed by atoms with Crippen molar-refractivity contribution in [1.82, 2.24) is 20.4 Å². The molecule has 0 saturated heterocycles. The molecule has 0 aliphatic rings. The molecule has 0 fully saturated rings. The zero-order chi connectivity index (χ0) is 15.7. The fourth-order valence-corrected chi connectivity index (χ4v) is 1.39. The number of nitrogens with zero attached hydrogens (tertiary/aromatic N) is 2. The first-order valence-corrected chi connectivity index (χ1v) is 6.51. The Balaban J connectivity index is 4.20. The minimum Gasteiger partial charge on any atom is -0.480 e. The van der Waals surface area contributed by atoms with E-state index in [-0.39, 0.29) is 31.7 Å². The Morgan fingerprint density at radius 1 is 1.10 bits per heavy atom. The van der Waals surface area contributed by atoms with Crippen molar-refractivity contribution in [3.05, 3.63) is 0 Å². The third-order valence-electron chi connectivity index (χ3n) is 2.77. The Morgan fingerprint density at radius 3 is 2.00 bits per heavy atom. The van der Waals surface area contributed by atoms with E-state index >= 15 is 0 Å². The van der Waals surface area contributed by atoms with Crippen LogP contribution >= 0.6 is 0 Å². The molecule has 1 unspecified atom stereocenters. The highest BCUT2D eigenvalue weighted by atomic mass is 16.4. The molecule has 0 aliphatic heterocycles. The molecular weight excluding hydrogens is 264 g/mol. The molecule has 0 aromatic carbocycles. The van der Waals surface area contributed by atoms with Gasteiger partial charge in [-0.3, -0.25) is 4.79 Å². The average Bonchev–Trinajstić information content (AvgIpc) is 2.39. The molecule has 8 nitrogen and oxygen atoms in total. The van der Waals surface area contributed by atoms with Gasteiger partial charge in [-0.05, 0) is 13.3 Å². The van der Waals surface area contributed by atoms with Gasteiger partial charge in [0.25, 0.3) is 0 Å². The van der Waals surface area contributed by atoms with Crippen molar-refractivity contribution >= 4 is 18.0 Å². The van der Waals surface area contributed by atoms with Gasteiger partial charge in [-0.25, -0.2) is 9.59 Å². The quantitative estimate of drug-likeness (QED) is 0.580. The summed E-state index contributed by atoms with van der Waals surface area (Å²) in [7, 11) is 3.23. The summed E-state index contributed by atoms with van der Waals surface area (Å²) < 4.78 is 0. The van der Waals surface area contributed by atoms with E-state index < -0.39 is 12.0 Å².